The highest BCUT2D eigenvalue weighted by Crippen LogP contribution is 2.25. The number of benzene rings is 1. The quantitative estimate of drug-likeness (QED) is 0.623. The number of likely N-dealkylation sites (N-methyl/N-ethyl adjacent to an activating group) is 1. The molecule has 1 aromatic carbocycles. The van der Waals surface area contributed by atoms with Gasteiger partial charge in [-0.2, -0.15) is 0 Å². The van der Waals surface area contributed by atoms with Crippen LogP contribution in [0.2, 0.25) is 0 Å². The molecule has 0 saturated heterocycles. The molecule has 1 N–H and O–H groups in total. The molecule has 1 unspecified atom stereocenters. The average Bonchev–Trinajstić information content (AvgIpc) is 2.27. The van der Waals surface area contributed by atoms with Gasteiger partial charge in [-0.3, -0.25) is 10.1 Å². The van der Waals surface area contributed by atoms with E-state index in [1.165, 1.54) is 6.07 Å². The Hall–Kier alpha value is -1.62. The normalized spacial score (nSPS) is 12.8. The maximum atomic E-state index is 11.0. The van der Waals surface area contributed by atoms with Gasteiger partial charge in [0.2, 0.25) is 0 Å². The van der Waals surface area contributed by atoms with E-state index < -0.39 is 0 Å². The Morgan fingerprint density at radius 3 is 2.44 bits per heavy atom. The fraction of sp³-hybridized carbons (Fsp3) is 0.538. The number of nitrogens with one attached hydrogen (secondary N) is 1. The molecule has 1 aromatic rings. The van der Waals surface area contributed by atoms with Crippen LogP contribution in [0.3, 0.4) is 0 Å². The van der Waals surface area contributed by atoms with E-state index >= 15 is 0 Å². The van der Waals surface area contributed by atoms with Gasteiger partial charge in [0, 0.05) is 18.7 Å². The average molecular weight is 251 g/mol. The number of anilines is 1. The zero-order valence-electron chi connectivity index (χ0n) is 11.4. The summed E-state index contributed by atoms with van der Waals surface area (Å²) < 4.78 is 0. The topological polar surface area (TPSA) is 58.4 Å². The molecule has 0 heterocycles. The molecule has 0 radical (unpaired) electrons. The van der Waals surface area contributed by atoms with E-state index in [1.54, 1.807) is 12.1 Å². The lowest BCUT2D eigenvalue weighted by atomic mass is 10.0. The molecule has 0 aliphatic carbocycles. The van der Waals surface area contributed by atoms with Crippen molar-refractivity contribution in [2.45, 2.75) is 19.9 Å². The standard InChI is InChI=1S/C13H21N3O2/c1-10(2)12(9-15(3)4)14-11-7-5-6-8-13(11)16(17)18/h5-8,10,12,14H,9H2,1-4H3. The molecule has 0 aliphatic rings. The molecular weight excluding hydrogens is 230 g/mol. The van der Waals surface area contributed by atoms with Crippen molar-refractivity contribution in [1.29, 1.82) is 0 Å². The van der Waals surface area contributed by atoms with Crippen molar-refractivity contribution >= 4 is 11.4 Å². The molecule has 0 aromatic heterocycles. The second-order valence-electron chi connectivity index (χ2n) is 5.03. The third-order valence-electron chi connectivity index (χ3n) is 2.81. The molecule has 5 heteroatoms. The van der Waals surface area contributed by atoms with Crippen molar-refractivity contribution in [3.63, 3.8) is 0 Å². The number of para-hydroxylation sites is 2. The van der Waals surface area contributed by atoms with E-state index in [9.17, 15) is 10.1 Å². The largest absolute Gasteiger partial charge is 0.375 e. The maximum Gasteiger partial charge on any atom is 0.292 e. The van der Waals surface area contributed by atoms with E-state index in [2.05, 4.69) is 24.1 Å². The molecule has 0 bridgehead atoms. The van der Waals surface area contributed by atoms with Gasteiger partial charge >= 0.3 is 0 Å². The van der Waals surface area contributed by atoms with Gasteiger partial charge < -0.3 is 10.2 Å². The van der Waals surface area contributed by atoms with Gasteiger partial charge in [-0.1, -0.05) is 26.0 Å². The van der Waals surface area contributed by atoms with Crippen LogP contribution in [0.25, 0.3) is 0 Å². The van der Waals surface area contributed by atoms with E-state index in [1.807, 2.05) is 20.2 Å². The van der Waals surface area contributed by atoms with Crippen molar-refractivity contribution in [3.8, 4) is 0 Å². The van der Waals surface area contributed by atoms with Gasteiger partial charge in [0.15, 0.2) is 0 Å². The summed E-state index contributed by atoms with van der Waals surface area (Å²) in [5.74, 6) is 0.396. The summed E-state index contributed by atoms with van der Waals surface area (Å²) in [7, 11) is 3.99. The Labute approximate surface area is 108 Å². The number of nitrogens with zero attached hydrogens (tertiary/aromatic N) is 2. The number of hydrogen-bond acceptors (Lipinski definition) is 4. The molecule has 0 saturated carbocycles. The van der Waals surface area contributed by atoms with Gasteiger partial charge in [0.05, 0.1) is 4.92 Å². The first-order valence-electron chi connectivity index (χ1n) is 6.06. The lowest BCUT2D eigenvalue weighted by Gasteiger charge is -2.26. The van der Waals surface area contributed by atoms with Crippen LogP contribution in [0, 0.1) is 16.0 Å². The third-order valence-corrected chi connectivity index (χ3v) is 2.81. The molecule has 0 fully saturated rings. The highest BCUT2D eigenvalue weighted by Gasteiger charge is 2.19. The highest BCUT2D eigenvalue weighted by molar-refractivity contribution is 5.61. The van der Waals surface area contributed by atoms with Crippen LogP contribution in [-0.4, -0.2) is 36.5 Å². The molecule has 0 spiro atoms. The molecule has 1 rings (SSSR count). The lowest BCUT2D eigenvalue weighted by molar-refractivity contribution is -0.384. The predicted molar refractivity (Wildman–Crippen MR) is 73.9 cm³/mol. The molecule has 18 heavy (non-hydrogen) atoms. The Balaban J connectivity index is 2.90. The summed E-state index contributed by atoms with van der Waals surface area (Å²) in [6.45, 7) is 5.05. The zero-order chi connectivity index (χ0) is 13.7. The second-order valence-corrected chi connectivity index (χ2v) is 5.03. The summed E-state index contributed by atoms with van der Waals surface area (Å²) in [6.07, 6.45) is 0. The first kappa shape index (κ1) is 14.4. The van der Waals surface area contributed by atoms with Gasteiger partial charge in [-0.15, -0.1) is 0 Å². The van der Waals surface area contributed by atoms with Crippen LogP contribution < -0.4 is 5.32 Å². The van der Waals surface area contributed by atoms with Crippen LogP contribution in [-0.2, 0) is 0 Å². The molecule has 0 amide bonds. The number of rotatable bonds is 6. The molecule has 0 aliphatic heterocycles. The summed E-state index contributed by atoms with van der Waals surface area (Å²) in [5, 5.41) is 14.2. The smallest absolute Gasteiger partial charge is 0.292 e. The number of hydrogen-bond donors (Lipinski definition) is 1. The fourth-order valence-electron chi connectivity index (χ4n) is 1.77. The first-order valence-corrected chi connectivity index (χ1v) is 6.06. The van der Waals surface area contributed by atoms with Crippen molar-refractivity contribution in [3.05, 3.63) is 34.4 Å². The Morgan fingerprint density at radius 1 is 1.33 bits per heavy atom. The SMILES string of the molecule is CC(C)C(CN(C)C)Nc1ccccc1[N+](=O)[O-]. The van der Waals surface area contributed by atoms with Crippen LogP contribution in [0.15, 0.2) is 24.3 Å². The molecule has 5 nitrogen and oxygen atoms in total. The van der Waals surface area contributed by atoms with Crippen LogP contribution in [0.4, 0.5) is 11.4 Å². The van der Waals surface area contributed by atoms with Crippen LogP contribution in [0.5, 0.6) is 0 Å². The minimum absolute atomic E-state index is 0.127. The third kappa shape index (κ3) is 4.00. The van der Waals surface area contributed by atoms with Gasteiger partial charge in [-0.25, -0.2) is 0 Å². The van der Waals surface area contributed by atoms with Crippen molar-refractivity contribution < 1.29 is 4.92 Å². The van der Waals surface area contributed by atoms with Crippen LogP contribution in [0.1, 0.15) is 13.8 Å². The lowest BCUT2D eigenvalue weighted by Crippen LogP contribution is -2.36. The van der Waals surface area contributed by atoms with E-state index in [0.717, 1.165) is 6.54 Å². The maximum absolute atomic E-state index is 11.0. The second kappa shape index (κ2) is 6.35. The van der Waals surface area contributed by atoms with Crippen molar-refractivity contribution in [2.24, 2.45) is 5.92 Å². The monoisotopic (exact) mass is 251 g/mol. The summed E-state index contributed by atoms with van der Waals surface area (Å²) in [6, 6.07) is 6.95. The Kier molecular flexibility index (Phi) is 5.09. The van der Waals surface area contributed by atoms with Gasteiger partial charge in [0.25, 0.3) is 5.69 Å². The summed E-state index contributed by atoms with van der Waals surface area (Å²) in [4.78, 5) is 12.7. The molecule has 1 atom stereocenters. The minimum Gasteiger partial charge on any atom is -0.375 e. The van der Waals surface area contributed by atoms with Crippen LogP contribution >= 0.6 is 0 Å². The fourth-order valence-corrected chi connectivity index (χ4v) is 1.77. The Morgan fingerprint density at radius 2 is 1.94 bits per heavy atom. The van der Waals surface area contributed by atoms with E-state index in [4.69, 9.17) is 0 Å². The van der Waals surface area contributed by atoms with Crippen molar-refractivity contribution in [2.75, 3.05) is 26.0 Å². The van der Waals surface area contributed by atoms with Crippen molar-refractivity contribution in [1.82, 2.24) is 4.90 Å². The highest BCUT2D eigenvalue weighted by atomic mass is 16.6. The Bertz CT molecular complexity index is 405. The summed E-state index contributed by atoms with van der Waals surface area (Å²) in [5.41, 5.74) is 0.713. The van der Waals surface area contributed by atoms with E-state index in [-0.39, 0.29) is 16.7 Å². The predicted octanol–water partition coefficient (Wildman–Crippen LogP) is 2.59. The zero-order valence-corrected chi connectivity index (χ0v) is 11.4. The molecule has 100 valence electrons. The van der Waals surface area contributed by atoms with E-state index in [0.29, 0.717) is 11.6 Å². The minimum atomic E-state index is -0.352. The number of nitro groups is 1. The first-order chi connectivity index (χ1) is 8.41. The summed E-state index contributed by atoms with van der Waals surface area (Å²) >= 11 is 0. The molecular formula is C13H21N3O2. The van der Waals surface area contributed by atoms with Gasteiger partial charge in [0.1, 0.15) is 5.69 Å². The van der Waals surface area contributed by atoms with Gasteiger partial charge in [-0.05, 0) is 26.1 Å². The number of nitro benzene ring substituents is 1.